The van der Waals surface area contributed by atoms with Crippen LogP contribution in [0.1, 0.15) is 11.3 Å². The van der Waals surface area contributed by atoms with E-state index >= 15 is 0 Å². The van der Waals surface area contributed by atoms with E-state index in [4.69, 9.17) is 11.6 Å². The third kappa shape index (κ3) is 2.62. The molecule has 2 rings (SSSR count). The van der Waals surface area contributed by atoms with Crippen LogP contribution >= 0.6 is 11.6 Å². The minimum Gasteiger partial charge on any atom is -0.358 e. The highest BCUT2D eigenvalue weighted by Gasteiger charge is 2.15. The van der Waals surface area contributed by atoms with E-state index in [1.54, 1.807) is 23.7 Å². The van der Waals surface area contributed by atoms with Gasteiger partial charge in [0.25, 0.3) is 0 Å². The van der Waals surface area contributed by atoms with Gasteiger partial charge in [-0.2, -0.15) is 4.68 Å². The number of aryl methyl sites for hydroxylation is 1. The molecule has 0 aliphatic rings. The summed E-state index contributed by atoms with van der Waals surface area (Å²) >= 11 is 5.78. The van der Waals surface area contributed by atoms with Crippen molar-refractivity contribution in [1.82, 2.24) is 9.78 Å². The van der Waals surface area contributed by atoms with Crippen LogP contribution in [0, 0.1) is 17.0 Å². The lowest BCUT2D eigenvalue weighted by Gasteiger charge is -2.00. The topological polar surface area (TPSA) is 61.0 Å². The van der Waals surface area contributed by atoms with E-state index in [1.165, 1.54) is 6.07 Å². The summed E-state index contributed by atoms with van der Waals surface area (Å²) < 4.78 is 1.60. The Morgan fingerprint density at radius 2 is 2.06 bits per heavy atom. The summed E-state index contributed by atoms with van der Waals surface area (Å²) in [6.07, 6.45) is 0. The lowest BCUT2D eigenvalue weighted by atomic mass is 10.2. The molecule has 2 aromatic rings. The fourth-order valence-electron chi connectivity index (χ4n) is 1.50. The molecule has 0 bridgehead atoms. The summed E-state index contributed by atoms with van der Waals surface area (Å²) in [6, 6.07) is 8.76. The minimum absolute atomic E-state index is 0.128. The highest BCUT2D eigenvalue weighted by atomic mass is 35.5. The van der Waals surface area contributed by atoms with Gasteiger partial charge in [-0.25, -0.2) is 0 Å². The van der Waals surface area contributed by atoms with Crippen LogP contribution in [0.3, 0.4) is 0 Å². The van der Waals surface area contributed by atoms with Gasteiger partial charge in [0.05, 0.1) is 23.4 Å². The average molecular weight is 252 g/mol. The quantitative estimate of drug-likeness (QED) is 0.622. The van der Waals surface area contributed by atoms with Crippen molar-refractivity contribution in [2.24, 2.45) is 0 Å². The van der Waals surface area contributed by atoms with Gasteiger partial charge in [-0.1, -0.05) is 23.7 Å². The molecule has 1 aromatic carbocycles. The number of hydrogen-bond acceptors (Lipinski definition) is 3. The standard InChI is InChI=1S/C11H10ClN3O2/c1-8-6-11(15(16)17)13-14(8)7-9-2-4-10(12)5-3-9/h2-6H,7H2,1H3. The first-order valence-corrected chi connectivity index (χ1v) is 5.37. The molecule has 88 valence electrons. The van der Waals surface area contributed by atoms with E-state index in [9.17, 15) is 10.1 Å². The van der Waals surface area contributed by atoms with Crippen molar-refractivity contribution in [2.45, 2.75) is 13.5 Å². The lowest BCUT2D eigenvalue weighted by molar-refractivity contribution is -0.389. The van der Waals surface area contributed by atoms with Crippen LogP contribution in [0.5, 0.6) is 0 Å². The summed E-state index contributed by atoms with van der Waals surface area (Å²) in [5.41, 5.74) is 1.75. The molecule has 5 nitrogen and oxygen atoms in total. The van der Waals surface area contributed by atoms with Gasteiger partial charge in [0, 0.05) is 5.02 Å². The molecule has 1 heterocycles. The summed E-state index contributed by atoms with van der Waals surface area (Å²) in [5.74, 6) is -0.128. The number of benzene rings is 1. The second kappa shape index (κ2) is 4.55. The normalized spacial score (nSPS) is 10.5. The predicted octanol–water partition coefficient (Wildman–Crippen LogP) is 2.80. The second-order valence-electron chi connectivity index (χ2n) is 3.69. The van der Waals surface area contributed by atoms with Gasteiger partial charge in [0.1, 0.15) is 0 Å². The Morgan fingerprint density at radius 1 is 1.41 bits per heavy atom. The van der Waals surface area contributed by atoms with Crippen molar-refractivity contribution >= 4 is 17.4 Å². The molecule has 0 saturated heterocycles. The molecule has 0 amide bonds. The molecule has 0 saturated carbocycles. The number of halogens is 1. The Balaban J connectivity index is 2.24. The van der Waals surface area contributed by atoms with Crippen molar-refractivity contribution in [3.05, 3.63) is 56.7 Å². The molecule has 17 heavy (non-hydrogen) atoms. The zero-order valence-electron chi connectivity index (χ0n) is 9.13. The van der Waals surface area contributed by atoms with Crippen LogP contribution < -0.4 is 0 Å². The maximum atomic E-state index is 10.6. The number of nitro groups is 1. The summed E-state index contributed by atoms with van der Waals surface area (Å²) in [6.45, 7) is 2.28. The van der Waals surface area contributed by atoms with Crippen LogP contribution in [0.25, 0.3) is 0 Å². The first-order chi connectivity index (χ1) is 8.06. The van der Waals surface area contributed by atoms with Gasteiger partial charge < -0.3 is 10.1 Å². The Bertz CT molecular complexity index is 548. The second-order valence-corrected chi connectivity index (χ2v) is 4.12. The van der Waals surface area contributed by atoms with Gasteiger partial charge in [-0.3, -0.25) is 0 Å². The average Bonchev–Trinajstić information content (AvgIpc) is 2.64. The molecule has 1 aromatic heterocycles. The Morgan fingerprint density at radius 3 is 2.59 bits per heavy atom. The Labute approximate surface area is 103 Å². The first-order valence-electron chi connectivity index (χ1n) is 4.99. The van der Waals surface area contributed by atoms with Gasteiger partial charge in [-0.15, -0.1) is 0 Å². The number of aromatic nitrogens is 2. The monoisotopic (exact) mass is 251 g/mol. The van der Waals surface area contributed by atoms with Crippen LogP contribution in [0.15, 0.2) is 30.3 Å². The maximum absolute atomic E-state index is 10.6. The number of rotatable bonds is 3. The zero-order valence-corrected chi connectivity index (χ0v) is 9.89. The molecular weight excluding hydrogens is 242 g/mol. The van der Waals surface area contributed by atoms with Crippen molar-refractivity contribution < 1.29 is 4.92 Å². The highest BCUT2D eigenvalue weighted by molar-refractivity contribution is 6.30. The fourth-order valence-corrected chi connectivity index (χ4v) is 1.63. The maximum Gasteiger partial charge on any atom is 0.390 e. The fraction of sp³-hybridized carbons (Fsp3) is 0.182. The molecule has 0 radical (unpaired) electrons. The summed E-state index contributed by atoms with van der Waals surface area (Å²) in [5, 5.41) is 15.2. The molecule has 0 aliphatic heterocycles. The van der Waals surface area contributed by atoms with Gasteiger partial charge >= 0.3 is 5.82 Å². The molecule has 0 spiro atoms. The molecular formula is C11H10ClN3O2. The van der Waals surface area contributed by atoms with Crippen LogP contribution in [-0.4, -0.2) is 14.7 Å². The molecule has 0 atom stereocenters. The van der Waals surface area contributed by atoms with Crippen molar-refractivity contribution in [3.8, 4) is 0 Å². The van der Waals surface area contributed by atoms with E-state index in [0.717, 1.165) is 11.3 Å². The van der Waals surface area contributed by atoms with E-state index in [1.807, 2.05) is 12.1 Å². The molecule has 0 N–H and O–H groups in total. The zero-order chi connectivity index (χ0) is 12.4. The van der Waals surface area contributed by atoms with E-state index in [-0.39, 0.29) is 5.82 Å². The van der Waals surface area contributed by atoms with Crippen LogP contribution in [0.4, 0.5) is 5.82 Å². The van der Waals surface area contributed by atoms with Gasteiger partial charge in [0.15, 0.2) is 0 Å². The largest absolute Gasteiger partial charge is 0.390 e. The minimum atomic E-state index is -0.495. The molecule has 0 fully saturated rings. The third-order valence-electron chi connectivity index (χ3n) is 2.40. The summed E-state index contributed by atoms with van der Waals surface area (Å²) in [7, 11) is 0. The number of hydrogen-bond donors (Lipinski definition) is 0. The lowest BCUT2D eigenvalue weighted by Crippen LogP contribution is -2.04. The van der Waals surface area contributed by atoms with E-state index in [2.05, 4.69) is 5.10 Å². The molecule has 0 unspecified atom stereocenters. The Kier molecular flexibility index (Phi) is 3.10. The molecule has 6 heteroatoms. The predicted molar refractivity (Wildman–Crippen MR) is 64.2 cm³/mol. The number of nitrogens with zero attached hydrogens (tertiary/aromatic N) is 3. The highest BCUT2D eigenvalue weighted by Crippen LogP contribution is 2.14. The van der Waals surface area contributed by atoms with Crippen molar-refractivity contribution in [2.75, 3.05) is 0 Å². The Hall–Kier alpha value is -1.88. The smallest absolute Gasteiger partial charge is 0.358 e. The van der Waals surface area contributed by atoms with Crippen molar-refractivity contribution in [3.63, 3.8) is 0 Å². The third-order valence-corrected chi connectivity index (χ3v) is 2.65. The van der Waals surface area contributed by atoms with Gasteiger partial charge in [0.2, 0.25) is 0 Å². The summed E-state index contributed by atoms with van der Waals surface area (Å²) in [4.78, 5) is 10.1. The van der Waals surface area contributed by atoms with Gasteiger partial charge in [-0.05, 0) is 29.5 Å². The van der Waals surface area contributed by atoms with Crippen LogP contribution in [-0.2, 0) is 6.54 Å². The van der Waals surface area contributed by atoms with Crippen LogP contribution in [0.2, 0.25) is 5.02 Å². The van der Waals surface area contributed by atoms with E-state index in [0.29, 0.717) is 11.6 Å². The first kappa shape index (κ1) is 11.6. The van der Waals surface area contributed by atoms with E-state index < -0.39 is 4.92 Å². The SMILES string of the molecule is Cc1cc([N+](=O)[O-])nn1Cc1ccc(Cl)cc1. The molecule has 0 aliphatic carbocycles. The van der Waals surface area contributed by atoms with Crippen molar-refractivity contribution in [1.29, 1.82) is 0 Å².